The molecule has 1 unspecified atom stereocenters. The molecule has 10 nitrogen and oxygen atoms in total. The number of benzene rings is 4. The second-order valence-corrected chi connectivity index (χ2v) is 12.4. The number of phenolic OH excluding ortho intramolecular Hbond substituents is 1. The average molecular weight is 714 g/mol. The Bertz CT molecular complexity index is 2070. The van der Waals surface area contributed by atoms with Crippen molar-refractivity contribution in [2.45, 2.75) is 65.5 Å². The smallest absolute Gasteiger partial charge is 0.307 e. The van der Waals surface area contributed by atoms with Crippen LogP contribution in [0.5, 0.6) is 11.6 Å². The van der Waals surface area contributed by atoms with E-state index in [4.69, 9.17) is 25.2 Å². The second kappa shape index (κ2) is 19.0. The van der Waals surface area contributed by atoms with Crippen molar-refractivity contribution in [2.75, 3.05) is 11.9 Å². The molecule has 2 aromatic heterocycles. The lowest BCUT2D eigenvalue weighted by atomic mass is 10.1. The zero-order valence-corrected chi connectivity index (χ0v) is 30.5. The Balaban J connectivity index is 0.00000266. The molecule has 6 aromatic rings. The van der Waals surface area contributed by atoms with E-state index in [1.54, 1.807) is 24.3 Å². The Morgan fingerprint density at radius 2 is 1.43 bits per heavy atom. The molecule has 6 rings (SSSR count). The van der Waals surface area contributed by atoms with E-state index in [-0.39, 0.29) is 18.8 Å². The number of nitrogens with two attached hydrogens (primary N) is 1. The summed E-state index contributed by atoms with van der Waals surface area (Å²) in [5, 5.41) is 12.7. The molecule has 4 aromatic carbocycles. The molecule has 1 atom stereocenters. The van der Waals surface area contributed by atoms with Crippen molar-refractivity contribution in [2.24, 2.45) is 5.73 Å². The van der Waals surface area contributed by atoms with E-state index in [0.29, 0.717) is 36.7 Å². The summed E-state index contributed by atoms with van der Waals surface area (Å²) in [6.07, 6.45) is 4.52. The molecule has 0 bridgehead atoms. The molecule has 1 amide bonds. The number of fused-ring (bicyclic) bond motifs is 1. The number of amides is 1. The van der Waals surface area contributed by atoms with Crippen molar-refractivity contribution in [3.63, 3.8) is 0 Å². The molecule has 0 saturated carbocycles. The maximum atomic E-state index is 12.6. The third-order valence-electron chi connectivity index (χ3n) is 8.37. The number of hydrogen-bond acceptors (Lipinski definition) is 8. The summed E-state index contributed by atoms with van der Waals surface area (Å²) in [5.74, 6) is -0.181. The van der Waals surface area contributed by atoms with Gasteiger partial charge < -0.3 is 25.6 Å². The van der Waals surface area contributed by atoms with E-state index in [2.05, 4.69) is 29.6 Å². The number of anilines is 1. The number of rotatable bonds is 15. The van der Waals surface area contributed by atoms with Crippen molar-refractivity contribution in [1.29, 1.82) is 0 Å². The van der Waals surface area contributed by atoms with Gasteiger partial charge in [0.1, 0.15) is 18.1 Å². The number of aromatic hydroxyl groups is 1. The molecule has 0 spiro atoms. The van der Waals surface area contributed by atoms with Gasteiger partial charge in [-0.2, -0.15) is 0 Å². The fraction of sp³-hybridized carbons (Fsp3) is 0.256. The van der Waals surface area contributed by atoms with Crippen LogP contribution in [0.25, 0.3) is 16.9 Å². The second-order valence-electron chi connectivity index (χ2n) is 12.4. The predicted octanol–water partition coefficient (Wildman–Crippen LogP) is 7.89. The summed E-state index contributed by atoms with van der Waals surface area (Å²) in [7, 11) is 0. The van der Waals surface area contributed by atoms with Crippen molar-refractivity contribution in [3.8, 4) is 22.9 Å². The van der Waals surface area contributed by atoms with Gasteiger partial charge in [-0.05, 0) is 59.5 Å². The lowest BCUT2D eigenvalue weighted by molar-refractivity contribution is -0.145. The number of esters is 1. The number of ether oxygens (including phenoxy) is 2. The Labute approximate surface area is 310 Å². The highest BCUT2D eigenvalue weighted by Crippen LogP contribution is 2.30. The molecule has 0 radical (unpaired) electrons. The maximum Gasteiger partial charge on any atom is 0.307 e. The Morgan fingerprint density at radius 3 is 2.06 bits per heavy atom. The van der Waals surface area contributed by atoms with Crippen LogP contribution < -0.4 is 15.8 Å². The minimum Gasteiger partial charge on any atom is -0.508 e. The van der Waals surface area contributed by atoms with Crippen LogP contribution in [0.2, 0.25) is 0 Å². The van der Waals surface area contributed by atoms with E-state index >= 15 is 0 Å². The van der Waals surface area contributed by atoms with Crippen LogP contribution in [0.15, 0.2) is 115 Å². The number of carbonyl (C=O) groups is 2. The van der Waals surface area contributed by atoms with Gasteiger partial charge in [0.05, 0.1) is 30.5 Å². The third-order valence-corrected chi connectivity index (χ3v) is 8.37. The number of carbonyl (C=O) groups excluding carboxylic acids is 2. The summed E-state index contributed by atoms with van der Waals surface area (Å²) >= 11 is 0. The molecule has 2 heterocycles. The van der Waals surface area contributed by atoms with Crippen molar-refractivity contribution >= 4 is 23.2 Å². The number of phenols is 1. The molecule has 0 aliphatic heterocycles. The number of unbranched alkanes of at least 4 members (excludes halogenated alkanes) is 1. The van der Waals surface area contributed by atoms with Crippen LogP contribution in [0.1, 0.15) is 68.1 Å². The molecular weight excluding hydrogens is 667 g/mol. The van der Waals surface area contributed by atoms with Crippen LogP contribution in [0.3, 0.4) is 0 Å². The largest absolute Gasteiger partial charge is 0.508 e. The first-order valence-electron chi connectivity index (χ1n) is 18.1. The topological polar surface area (TPSA) is 141 Å². The monoisotopic (exact) mass is 713 g/mol. The van der Waals surface area contributed by atoms with Gasteiger partial charge in [-0.25, -0.2) is 9.97 Å². The van der Waals surface area contributed by atoms with Crippen LogP contribution in [-0.4, -0.2) is 44.0 Å². The number of aromatic nitrogens is 3. The molecule has 53 heavy (non-hydrogen) atoms. The maximum absolute atomic E-state index is 12.6. The summed E-state index contributed by atoms with van der Waals surface area (Å²) in [6, 6.07) is 33.5. The first kappa shape index (κ1) is 38.2. The Morgan fingerprint density at radius 1 is 0.811 bits per heavy atom. The fourth-order valence-corrected chi connectivity index (χ4v) is 5.60. The number of imidazole rings is 1. The van der Waals surface area contributed by atoms with Crippen molar-refractivity contribution in [3.05, 3.63) is 143 Å². The molecular formula is C43H47N5O5. The van der Waals surface area contributed by atoms with Gasteiger partial charge in [0.2, 0.25) is 11.8 Å². The van der Waals surface area contributed by atoms with Gasteiger partial charge in [0.25, 0.3) is 0 Å². The summed E-state index contributed by atoms with van der Waals surface area (Å²) in [6.45, 7) is 6.56. The van der Waals surface area contributed by atoms with Gasteiger partial charge in [0, 0.05) is 30.3 Å². The van der Waals surface area contributed by atoms with Gasteiger partial charge in [-0.3, -0.25) is 14.0 Å². The van der Waals surface area contributed by atoms with Crippen LogP contribution >= 0.6 is 0 Å². The Hall–Kier alpha value is -6.00. The standard InChI is InChI=1S/C41H41N5O5.C2H6/c1-2-3-22-50-38(48)25-34(42)40(49)43-32-18-14-30(15-19-32)27-51-41-36(24-29-12-8-5-9-13-29)45-39-35(23-28-10-6-4-7-11-28)44-37(26-46(39)41)31-16-20-33(47)21-17-31;1-2/h4-21,26,34,47H,2-3,22-25,27,42H2,1H3,(H,43,49);1-2H3. The number of nitrogens with one attached hydrogen (secondary N) is 1. The van der Waals surface area contributed by atoms with E-state index in [1.807, 2.05) is 92.0 Å². The zero-order chi connectivity index (χ0) is 37.6. The normalized spacial score (nSPS) is 11.3. The predicted molar refractivity (Wildman–Crippen MR) is 208 cm³/mol. The van der Waals surface area contributed by atoms with Crippen LogP contribution in [0.4, 0.5) is 5.69 Å². The van der Waals surface area contributed by atoms with E-state index in [1.165, 1.54) is 0 Å². The summed E-state index contributed by atoms with van der Waals surface area (Å²) in [5.41, 5.74) is 13.4. The van der Waals surface area contributed by atoms with Gasteiger partial charge in [0.15, 0.2) is 5.65 Å². The SMILES string of the molecule is CC.CCCCOC(=O)CC(N)C(=O)Nc1ccc(COc2c(Cc3ccccc3)nc3c(Cc4ccccc4)nc(-c4ccc(O)cc4)cn23)cc1. The molecule has 0 saturated heterocycles. The van der Waals surface area contributed by atoms with E-state index in [9.17, 15) is 14.7 Å². The Kier molecular flexibility index (Phi) is 13.7. The molecule has 0 fully saturated rings. The molecule has 0 aliphatic rings. The minimum atomic E-state index is -1.02. The summed E-state index contributed by atoms with van der Waals surface area (Å²) < 4.78 is 13.7. The lowest BCUT2D eigenvalue weighted by Gasteiger charge is -2.13. The van der Waals surface area contributed by atoms with Gasteiger partial charge >= 0.3 is 5.97 Å². The van der Waals surface area contributed by atoms with Gasteiger partial charge in [-0.1, -0.05) is 100.0 Å². The zero-order valence-electron chi connectivity index (χ0n) is 30.5. The first-order valence-corrected chi connectivity index (χ1v) is 18.1. The highest BCUT2D eigenvalue weighted by molar-refractivity contribution is 5.96. The van der Waals surface area contributed by atoms with Crippen molar-refractivity contribution in [1.82, 2.24) is 14.4 Å². The van der Waals surface area contributed by atoms with Crippen molar-refractivity contribution < 1.29 is 24.2 Å². The molecule has 0 aliphatic carbocycles. The van der Waals surface area contributed by atoms with Crippen LogP contribution in [0, 0.1) is 0 Å². The lowest BCUT2D eigenvalue weighted by Crippen LogP contribution is -2.37. The first-order chi connectivity index (χ1) is 25.9. The highest BCUT2D eigenvalue weighted by atomic mass is 16.5. The average Bonchev–Trinajstić information content (AvgIpc) is 3.53. The van der Waals surface area contributed by atoms with E-state index in [0.717, 1.165) is 52.2 Å². The third kappa shape index (κ3) is 10.5. The van der Waals surface area contributed by atoms with E-state index < -0.39 is 17.9 Å². The van der Waals surface area contributed by atoms with Gasteiger partial charge in [-0.15, -0.1) is 0 Å². The van der Waals surface area contributed by atoms with Crippen LogP contribution in [-0.2, 0) is 33.8 Å². The highest BCUT2D eigenvalue weighted by Gasteiger charge is 2.21. The molecule has 4 N–H and O–H groups in total. The minimum absolute atomic E-state index is 0.178. The fourth-order valence-electron chi connectivity index (χ4n) is 5.60. The molecule has 274 valence electrons. The quantitative estimate of drug-likeness (QED) is 0.0721. The summed E-state index contributed by atoms with van der Waals surface area (Å²) in [4.78, 5) is 34.8. The molecule has 10 heteroatoms. The number of nitrogens with zero attached hydrogens (tertiary/aromatic N) is 3. The number of hydrogen-bond donors (Lipinski definition) is 3.